The van der Waals surface area contributed by atoms with Crippen LogP contribution in [-0.2, 0) is 14.2 Å². The van der Waals surface area contributed by atoms with Crippen molar-refractivity contribution in [2.24, 2.45) is 17.8 Å². The van der Waals surface area contributed by atoms with Gasteiger partial charge in [-0.3, -0.25) is 0 Å². The molecule has 6 unspecified atom stereocenters. The van der Waals surface area contributed by atoms with E-state index < -0.39 is 69.5 Å². The molecule has 3 saturated heterocycles. The van der Waals surface area contributed by atoms with Crippen LogP contribution in [0, 0.1) is 17.8 Å². The Morgan fingerprint density at radius 2 is 0.685 bits per heavy atom. The number of benzene rings is 1. The fourth-order valence-electron chi connectivity index (χ4n) is 9.19. The lowest BCUT2D eigenvalue weighted by Gasteiger charge is -2.54. The first-order chi connectivity index (χ1) is 24.5. The molecule has 6 atom stereocenters. The van der Waals surface area contributed by atoms with Crippen molar-refractivity contribution in [3.63, 3.8) is 0 Å². The third kappa shape index (κ3) is 8.39. The van der Waals surface area contributed by atoms with Gasteiger partial charge < -0.3 is 29.8 Å². The van der Waals surface area contributed by atoms with E-state index >= 15 is 0 Å². The van der Waals surface area contributed by atoms with Gasteiger partial charge in [0.1, 0.15) is 18.3 Å². The highest BCUT2D eigenvalue weighted by molar-refractivity contribution is 6.00. The zero-order valence-electron chi connectivity index (χ0n) is 35.6. The van der Waals surface area contributed by atoms with Gasteiger partial charge in [-0.2, -0.15) is 15.2 Å². The molecule has 12 heteroatoms. The highest BCUT2D eigenvalue weighted by Crippen LogP contribution is 2.45. The Balaban J connectivity index is 1.69. The maximum atomic E-state index is 14.0. The second-order valence-corrected chi connectivity index (χ2v) is 20.0. The summed E-state index contributed by atoms with van der Waals surface area (Å²) in [5.41, 5.74) is -4.06. The second kappa shape index (κ2) is 15.0. The van der Waals surface area contributed by atoms with Gasteiger partial charge in [0.15, 0.2) is 0 Å². The summed E-state index contributed by atoms with van der Waals surface area (Å²) in [4.78, 5) is 42.0. The van der Waals surface area contributed by atoms with Crippen LogP contribution in [0.1, 0.15) is 173 Å². The van der Waals surface area contributed by atoms with Crippen molar-refractivity contribution in [3.8, 4) is 0 Å². The Morgan fingerprint density at radius 3 is 0.870 bits per heavy atom. The Labute approximate surface area is 323 Å². The molecule has 3 heterocycles. The number of hydrogen-bond acceptors (Lipinski definition) is 12. The van der Waals surface area contributed by atoms with Gasteiger partial charge in [0, 0.05) is 71.8 Å². The molecule has 0 amide bonds. The molecule has 0 saturated carbocycles. The Morgan fingerprint density at radius 1 is 0.481 bits per heavy atom. The number of carbonyl (C=O) groups excluding carboxylic acids is 3. The van der Waals surface area contributed by atoms with E-state index in [2.05, 4.69) is 0 Å². The van der Waals surface area contributed by atoms with Gasteiger partial charge in [-0.1, -0.05) is 41.5 Å². The monoisotopic (exact) mass is 760 g/mol. The standard InChI is InChI=1S/C42H69N3O9/c1-25(2)40(13)22-31(19-37(7,8)43(40)49)52-34(46)28-16-29(35(47)53-32-20-38(9,10)44(50)41(14,23-32)26(3)4)18-30(17-28)36(48)54-33-21-39(11,12)45(51)42(15,24-33)27(5)6/h16-18,25-27,31-33,49-51H,19-24H2,1-15H3. The first-order valence-corrected chi connectivity index (χ1v) is 19.8. The fourth-order valence-corrected chi connectivity index (χ4v) is 9.19. The number of ether oxygens (including phenoxy) is 3. The van der Waals surface area contributed by atoms with Gasteiger partial charge in [0.05, 0.1) is 16.7 Å². The van der Waals surface area contributed by atoms with Crippen molar-refractivity contribution in [2.45, 2.75) is 194 Å². The highest BCUT2D eigenvalue weighted by Gasteiger charge is 2.53. The van der Waals surface area contributed by atoms with E-state index in [1.165, 1.54) is 33.4 Å². The average molecular weight is 760 g/mol. The van der Waals surface area contributed by atoms with Crippen molar-refractivity contribution < 1.29 is 44.2 Å². The molecule has 3 aliphatic heterocycles. The summed E-state index contributed by atoms with van der Waals surface area (Å²) in [7, 11) is 0. The maximum Gasteiger partial charge on any atom is 0.338 e. The molecule has 0 aromatic heterocycles. The Kier molecular flexibility index (Phi) is 12.3. The molecular weight excluding hydrogens is 690 g/mol. The van der Waals surface area contributed by atoms with E-state index in [4.69, 9.17) is 14.2 Å². The second-order valence-electron chi connectivity index (χ2n) is 20.0. The first kappa shape index (κ1) is 44.1. The van der Waals surface area contributed by atoms with Crippen LogP contribution in [0.3, 0.4) is 0 Å². The van der Waals surface area contributed by atoms with Gasteiger partial charge in [-0.15, -0.1) is 0 Å². The number of esters is 3. The summed E-state index contributed by atoms with van der Waals surface area (Å²) < 4.78 is 18.3. The van der Waals surface area contributed by atoms with Crippen molar-refractivity contribution >= 4 is 17.9 Å². The van der Waals surface area contributed by atoms with Gasteiger partial charge in [0.25, 0.3) is 0 Å². The number of rotatable bonds is 9. The van der Waals surface area contributed by atoms with E-state index in [-0.39, 0.29) is 34.4 Å². The fraction of sp³-hybridized carbons (Fsp3) is 0.786. The summed E-state index contributed by atoms with van der Waals surface area (Å²) in [5.74, 6) is -1.99. The number of hydrogen-bond donors (Lipinski definition) is 3. The molecule has 0 aliphatic carbocycles. The normalized spacial score (nSPS) is 33.2. The molecule has 0 bridgehead atoms. The van der Waals surface area contributed by atoms with Crippen LogP contribution in [0.5, 0.6) is 0 Å². The molecule has 3 aliphatic rings. The summed E-state index contributed by atoms with van der Waals surface area (Å²) >= 11 is 0. The quantitative estimate of drug-likeness (QED) is 0.164. The van der Waals surface area contributed by atoms with Crippen molar-refractivity contribution in [3.05, 3.63) is 34.9 Å². The van der Waals surface area contributed by atoms with Crippen molar-refractivity contribution in [2.75, 3.05) is 0 Å². The molecule has 0 spiro atoms. The van der Waals surface area contributed by atoms with E-state index in [0.29, 0.717) is 38.5 Å². The van der Waals surface area contributed by atoms with Crippen LogP contribution < -0.4 is 0 Å². The molecular formula is C42H69N3O9. The van der Waals surface area contributed by atoms with E-state index in [1.807, 2.05) is 104 Å². The average Bonchev–Trinajstić information content (AvgIpc) is 3.04. The van der Waals surface area contributed by atoms with Crippen molar-refractivity contribution in [1.82, 2.24) is 15.2 Å². The van der Waals surface area contributed by atoms with E-state index in [0.717, 1.165) is 0 Å². The van der Waals surface area contributed by atoms with E-state index in [1.54, 1.807) is 0 Å². The molecule has 0 radical (unpaired) electrons. The topological polar surface area (TPSA) is 149 Å². The largest absolute Gasteiger partial charge is 0.459 e. The van der Waals surface area contributed by atoms with E-state index in [9.17, 15) is 30.0 Å². The minimum Gasteiger partial charge on any atom is -0.459 e. The number of nitrogens with zero attached hydrogens (tertiary/aromatic N) is 3. The minimum absolute atomic E-state index is 0.00179. The summed E-state index contributed by atoms with van der Waals surface area (Å²) in [6.45, 7) is 29.3. The number of piperidine rings is 3. The maximum absolute atomic E-state index is 14.0. The zero-order chi connectivity index (χ0) is 41.1. The van der Waals surface area contributed by atoms with Gasteiger partial charge in [0.2, 0.25) is 0 Å². The molecule has 3 fully saturated rings. The van der Waals surface area contributed by atoms with Crippen LogP contribution in [0.4, 0.5) is 0 Å². The first-order valence-electron chi connectivity index (χ1n) is 19.8. The smallest absolute Gasteiger partial charge is 0.338 e. The third-order valence-electron chi connectivity index (χ3n) is 13.5. The van der Waals surface area contributed by atoms with Crippen LogP contribution in [0.2, 0.25) is 0 Å². The summed E-state index contributed by atoms with van der Waals surface area (Å²) in [5, 5.41) is 37.5. The predicted molar refractivity (Wildman–Crippen MR) is 205 cm³/mol. The van der Waals surface area contributed by atoms with Crippen LogP contribution in [-0.4, -0.2) is 100 Å². The molecule has 1 aromatic carbocycles. The SMILES string of the molecule is CC(C)C1(C)CC(OC(=O)c2cc(C(=O)OC3CC(C)(C)N(O)C(C)(C(C)C)C3)cc(C(=O)OC3CC(C)(C)N(O)C(C)(C(C)C)C3)c2)CC(C)(C)N1O. The van der Waals surface area contributed by atoms with Crippen LogP contribution in [0.25, 0.3) is 0 Å². The number of hydroxylamine groups is 6. The zero-order valence-corrected chi connectivity index (χ0v) is 35.6. The molecule has 306 valence electrons. The van der Waals surface area contributed by atoms with Crippen molar-refractivity contribution in [1.29, 1.82) is 0 Å². The van der Waals surface area contributed by atoms with Gasteiger partial charge in [-0.25, -0.2) is 14.4 Å². The molecule has 1 aromatic rings. The predicted octanol–water partition coefficient (Wildman–Crippen LogP) is 8.30. The molecule has 4 rings (SSSR count). The summed E-state index contributed by atoms with van der Waals surface area (Å²) in [6.07, 6.45) is 0.622. The number of carbonyl (C=O) groups is 3. The molecule has 54 heavy (non-hydrogen) atoms. The van der Waals surface area contributed by atoms with Gasteiger partial charge in [-0.05, 0) is 98.3 Å². The third-order valence-corrected chi connectivity index (χ3v) is 13.5. The Hall–Kier alpha value is -2.61. The lowest BCUT2D eigenvalue weighted by Crippen LogP contribution is -2.64. The lowest BCUT2D eigenvalue weighted by molar-refractivity contribution is -0.273. The Bertz CT molecular complexity index is 1380. The highest BCUT2D eigenvalue weighted by atomic mass is 16.6. The van der Waals surface area contributed by atoms with Crippen LogP contribution >= 0.6 is 0 Å². The lowest BCUT2D eigenvalue weighted by atomic mass is 9.73. The van der Waals surface area contributed by atoms with Crippen LogP contribution in [0.15, 0.2) is 18.2 Å². The molecule has 12 nitrogen and oxygen atoms in total. The summed E-state index contributed by atoms with van der Waals surface area (Å²) in [6, 6.07) is 4.19. The molecule has 3 N–H and O–H groups in total. The minimum atomic E-state index is -0.707. The van der Waals surface area contributed by atoms with Gasteiger partial charge >= 0.3 is 17.9 Å².